The zero-order chi connectivity index (χ0) is 13.8. The van der Waals surface area contributed by atoms with E-state index in [0.29, 0.717) is 0 Å². The summed E-state index contributed by atoms with van der Waals surface area (Å²) >= 11 is 0. The molecule has 0 radical (unpaired) electrons. The van der Waals surface area contributed by atoms with E-state index < -0.39 is 22.3 Å². The van der Waals surface area contributed by atoms with Gasteiger partial charge in [0.1, 0.15) is 0 Å². The van der Waals surface area contributed by atoms with Crippen LogP contribution in [-0.4, -0.2) is 15.9 Å². The third-order valence-electron chi connectivity index (χ3n) is 2.49. The first-order valence-corrected chi connectivity index (χ1v) is 5.35. The summed E-state index contributed by atoms with van der Waals surface area (Å²) in [4.78, 5) is 21.7. The molecule has 1 aromatic carbocycles. The number of nitro groups is 1. The van der Waals surface area contributed by atoms with Crippen LogP contribution in [0.5, 0.6) is 5.75 Å². The summed E-state index contributed by atoms with van der Waals surface area (Å²) in [5, 5.41) is 22.8. The molecule has 0 aliphatic rings. The average Bonchev–Trinajstić information content (AvgIpc) is 2.89. The smallest absolute Gasteiger partial charge is 0.311 e. The van der Waals surface area contributed by atoms with E-state index >= 15 is 0 Å². The van der Waals surface area contributed by atoms with Crippen LogP contribution >= 0.6 is 0 Å². The molecule has 7 nitrogen and oxygen atoms in total. The zero-order valence-electron chi connectivity index (χ0n) is 9.70. The van der Waals surface area contributed by atoms with Crippen LogP contribution in [-0.2, 0) is 6.54 Å². The summed E-state index contributed by atoms with van der Waals surface area (Å²) in [6.07, 6.45) is 2.93. The van der Waals surface area contributed by atoms with Crippen LogP contribution in [0.3, 0.4) is 0 Å². The first kappa shape index (κ1) is 12.6. The van der Waals surface area contributed by atoms with Gasteiger partial charge in [-0.3, -0.25) is 14.9 Å². The second kappa shape index (κ2) is 5.21. The second-order valence-corrected chi connectivity index (χ2v) is 3.74. The van der Waals surface area contributed by atoms with E-state index in [2.05, 4.69) is 5.32 Å². The van der Waals surface area contributed by atoms with E-state index in [1.165, 1.54) is 24.7 Å². The Kier molecular flexibility index (Phi) is 3.46. The van der Waals surface area contributed by atoms with Gasteiger partial charge in [-0.05, 0) is 12.1 Å². The number of phenols is 1. The number of hydrogen-bond donors (Lipinski definition) is 2. The van der Waals surface area contributed by atoms with Crippen molar-refractivity contribution in [1.82, 2.24) is 5.32 Å². The fraction of sp³-hybridized carbons (Fsp3) is 0.0833. The van der Waals surface area contributed by atoms with E-state index in [0.717, 1.165) is 11.6 Å². The van der Waals surface area contributed by atoms with Crippen LogP contribution in [0.4, 0.5) is 5.69 Å². The number of furan rings is 1. The molecular weight excluding hydrogens is 252 g/mol. The number of benzene rings is 1. The Labute approximate surface area is 107 Å². The molecule has 2 aromatic rings. The van der Waals surface area contributed by atoms with E-state index in [1.807, 2.05) is 0 Å². The fourth-order valence-corrected chi connectivity index (χ4v) is 1.53. The molecule has 0 spiro atoms. The number of aromatic hydroxyl groups is 1. The summed E-state index contributed by atoms with van der Waals surface area (Å²) in [7, 11) is 0. The summed E-state index contributed by atoms with van der Waals surface area (Å²) in [5.74, 6) is -1.24. The Morgan fingerprint density at radius 1 is 1.42 bits per heavy atom. The standard InChI is InChI=1S/C12H10N2O5/c15-11-9(2-1-3-10(11)14(17)18)12(16)13-6-8-4-5-19-7-8/h1-5,7,15H,6H2,(H,13,16). The van der Waals surface area contributed by atoms with Crippen LogP contribution in [0.1, 0.15) is 15.9 Å². The third-order valence-corrected chi connectivity index (χ3v) is 2.49. The first-order chi connectivity index (χ1) is 9.09. The minimum absolute atomic E-state index is 0.141. The first-order valence-electron chi connectivity index (χ1n) is 5.35. The largest absolute Gasteiger partial charge is 0.502 e. The van der Waals surface area contributed by atoms with Gasteiger partial charge in [-0.15, -0.1) is 0 Å². The monoisotopic (exact) mass is 262 g/mol. The number of nitrogens with zero attached hydrogens (tertiary/aromatic N) is 1. The molecule has 0 fully saturated rings. The number of nitro benzene ring substituents is 1. The Morgan fingerprint density at radius 2 is 2.21 bits per heavy atom. The van der Waals surface area contributed by atoms with Crippen LogP contribution in [0.2, 0.25) is 0 Å². The minimum Gasteiger partial charge on any atom is -0.502 e. The van der Waals surface area contributed by atoms with E-state index in [1.54, 1.807) is 6.07 Å². The second-order valence-electron chi connectivity index (χ2n) is 3.74. The van der Waals surface area contributed by atoms with Gasteiger partial charge >= 0.3 is 5.69 Å². The molecule has 1 amide bonds. The summed E-state index contributed by atoms with van der Waals surface area (Å²) in [6, 6.07) is 5.45. The van der Waals surface area contributed by atoms with Gasteiger partial charge in [0, 0.05) is 18.2 Å². The molecule has 0 bridgehead atoms. The van der Waals surface area contributed by atoms with E-state index in [9.17, 15) is 20.0 Å². The number of rotatable bonds is 4. The van der Waals surface area contributed by atoms with Crippen molar-refractivity contribution in [3.05, 3.63) is 58.0 Å². The molecule has 1 heterocycles. The highest BCUT2D eigenvalue weighted by Crippen LogP contribution is 2.29. The number of phenolic OH excluding ortho intramolecular Hbond substituents is 1. The number of amides is 1. The predicted octanol–water partition coefficient (Wildman–Crippen LogP) is 1.82. The van der Waals surface area contributed by atoms with Crippen molar-refractivity contribution < 1.29 is 19.2 Å². The molecule has 0 unspecified atom stereocenters. The van der Waals surface area contributed by atoms with Crippen molar-refractivity contribution in [2.24, 2.45) is 0 Å². The zero-order valence-corrected chi connectivity index (χ0v) is 9.70. The lowest BCUT2D eigenvalue weighted by molar-refractivity contribution is -0.385. The lowest BCUT2D eigenvalue weighted by atomic mass is 10.1. The maximum absolute atomic E-state index is 11.8. The number of hydrogen-bond acceptors (Lipinski definition) is 5. The van der Waals surface area contributed by atoms with E-state index in [4.69, 9.17) is 4.42 Å². The van der Waals surface area contributed by atoms with Gasteiger partial charge in [0.2, 0.25) is 5.75 Å². The van der Waals surface area contributed by atoms with Crippen molar-refractivity contribution in [2.75, 3.05) is 0 Å². The SMILES string of the molecule is O=C(NCc1ccoc1)c1cccc([N+](=O)[O-])c1O. The molecule has 0 aliphatic carbocycles. The molecule has 0 atom stereocenters. The normalized spacial score (nSPS) is 10.1. The van der Waals surface area contributed by atoms with Crippen molar-refractivity contribution in [3.8, 4) is 5.75 Å². The maximum atomic E-state index is 11.8. The minimum atomic E-state index is -0.748. The predicted molar refractivity (Wildman–Crippen MR) is 64.6 cm³/mol. The molecule has 2 N–H and O–H groups in total. The van der Waals surface area contributed by atoms with Crippen molar-refractivity contribution in [3.63, 3.8) is 0 Å². The number of carbonyl (C=O) groups excluding carboxylic acids is 1. The number of carbonyl (C=O) groups is 1. The average molecular weight is 262 g/mol. The van der Waals surface area contributed by atoms with Crippen LogP contribution in [0.25, 0.3) is 0 Å². The van der Waals surface area contributed by atoms with Crippen molar-refractivity contribution in [1.29, 1.82) is 0 Å². The third kappa shape index (κ3) is 2.71. The molecular formula is C12H10N2O5. The molecule has 0 aliphatic heterocycles. The fourth-order valence-electron chi connectivity index (χ4n) is 1.53. The molecule has 19 heavy (non-hydrogen) atoms. The van der Waals surface area contributed by atoms with E-state index in [-0.39, 0.29) is 12.1 Å². The Balaban J connectivity index is 2.15. The molecule has 2 rings (SSSR count). The summed E-state index contributed by atoms with van der Waals surface area (Å²) in [6.45, 7) is 0.206. The molecule has 1 aromatic heterocycles. The van der Waals surface area contributed by atoms with Gasteiger partial charge in [-0.1, -0.05) is 6.07 Å². The number of para-hydroxylation sites is 1. The van der Waals surface area contributed by atoms with Gasteiger partial charge in [-0.2, -0.15) is 0 Å². The highest BCUT2D eigenvalue weighted by Gasteiger charge is 2.20. The van der Waals surface area contributed by atoms with Gasteiger partial charge in [0.15, 0.2) is 0 Å². The molecule has 0 saturated heterocycles. The summed E-state index contributed by atoms with van der Waals surface area (Å²) < 4.78 is 4.84. The highest BCUT2D eigenvalue weighted by molar-refractivity contribution is 5.98. The van der Waals surface area contributed by atoms with Crippen molar-refractivity contribution >= 4 is 11.6 Å². The topological polar surface area (TPSA) is 106 Å². The Morgan fingerprint density at radius 3 is 2.84 bits per heavy atom. The van der Waals surface area contributed by atoms with Crippen LogP contribution in [0.15, 0.2) is 41.2 Å². The van der Waals surface area contributed by atoms with Gasteiger partial charge < -0.3 is 14.8 Å². The van der Waals surface area contributed by atoms with Crippen molar-refractivity contribution in [2.45, 2.75) is 6.54 Å². The highest BCUT2D eigenvalue weighted by atomic mass is 16.6. The molecule has 98 valence electrons. The van der Waals surface area contributed by atoms with Gasteiger partial charge in [0.25, 0.3) is 5.91 Å². The van der Waals surface area contributed by atoms with Crippen LogP contribution in [0, 0.1) is 10.1 Å². The number of nitrogens with one attached hydrogen (secondary N) is 1. The maximum Gasteiger partial charge on any atom is 0.311 e. The Bertz CT molecular complexity index is 607. The lowest BCUT2D eigenvalue weighted by Gasteiger charge is -2.05. The molecule has 0 saturated carbocycles. The Hall–Kier alpha value is -2.83. The molecule has 7 heteroatoms. The lowest BCUT2D eigenvalue weighted by Crippen LogP contribution is -2.22. The summed E-state index contributed by atoms with van der Waals surface area (Å²) in [5.41, 5.74) is 0.104. The van der Waals surface area contributed by atoms with Gasteiger partial charge in [-0.25, -0.2) is 0 Å². The quantitative estimate of drug-likeness (QED) is 0.645. The van der Waals surface area contributed by atoms with Gasteiger partial charge in [0.05, 0.1) is 23.0 Å². The van der Waals surface area contributed by atoms with Crippen LogP contribution < -0.4 is 5.32 Å².